The van der Waals surface area contributed by atoms with Crippen LogP contribution < -0.4 is 0 Å². The van der Waals surface area contributed by atoms with E-state index >= 15 is 0 Å². The Bertz CT molecular complexity index is 183. The predicted octanol–water partition coefficient (Wildman–Crippen LogP) is 0.882. The first-order valence-corrected chi connectivity index (χ1v) is 3.12. The lowest BCUT2D eigenvalue weighted by Gasteiger charge is -1.97. The van der Waals surface area contributed by atoms with E-state index in [1.54, 1.807) is 0 Å². The van der Waals surface area contributed by atoms with E-state index in [0.29, 0.717) is 5.57 Å². The molecule has 0 atom stereocenters. The van der Waals surface area contributed by atoms with Crippen molar-refractivity contribution < 1.29 is 19.8 Å². The van der Waals surface area contributed by atoms with Crippen LogP contribution in [0.4, 0.5) is 0 Å². The fraction of sp³-hybridized carbons (Fsp3) is 0.429. The number of carbonyl (C=O) groups is 2. The summed E-state index contributed by atoms with van der Waals surface area (Å²) in [6, 6.07) is 0. The highest BCUT2D eigenvalue weighted by atomic mass is 16.4. The third-order valence-electron chi connectivity index (χ3n) is 1.09. The molecule has 4 heteroatoms. The van der Waals surface area contributed by atoms with Crippen LogP contribution >= 0.6 is 0 Å². The third-order valence-corrected chi connectivity index (χ3v) is 1.09. The minimum Gasteiger partial charge on any atom is -0.481 e. The average Bonchev–Trinajstić information content (AvgIpc) is 1.82. The van der Waals surface area contributed by atoms with E-state index < -0.39 is 11.9 Å². The van der Waals surface area contributed by atoms with Gasteiger partial charge < -0.3 is 10.2 Å². The highest BCUT2D eigenvalue weighted by Gasteiger charge is 2.03. The van der Waals surface area contributed by atoms with Crippen molar-refractivity contribution in [3.63, 3.8) is 0 Å². The monoisotopic (exact) mass is 158 g/mol. The van der Waals surface area contributed by atoms with Gasteiger partial charge in [0.05, 0.1) is 6.42 Å². The molecule has 0 saturated carbocycles. The Morgan fingerprint density at radius 2 is 1.64 bits per heavy atom. The zero-order chi connectivity index (χ0) is 8.85. The molecule has 0 aromatic carbocycles. The summed E-state index contributed by atoms with van der Waals surface area (Å²) in [5.41, 5.74) is 0.444. The van der Waals surface area contributed by atoms with E-state index in [1.807, 2.05) is 0 Å². The van der Waals surface area contributed by atoms with Gasteiger partial charge in [0.1, 0.15) is 0 Å². The average molecular weight is 158 g/mol. The van der Waals surface area contributed by atoms with Gasteiger partial charge in [0.25, 0.3) is 0 Å². The molecule has 11 heavy (non-hydrogen) atoms. The molecular weight excluding hydrogens is 148 g/mol. The number of hydrogen-bond acceptors (Lipinski definition) is 2. The second kappa shape index (κ2) is 4.49. The number of rotatable bonds is 5. The van der Waals surface area contributed by atoms with Crippen LogP contribution in [0, 0.1) is 0 Å². The van der Waals surface area contributed by atoms with Crippen LogP contribution in [0.1, 0.15) is 19.3 Å². The van der Waals surface area contributed by atoms with Gasteiger partial charge in [0.2, 0.25) is 0 Å². The molecule has 4 nitrogen and oxygen atoms in total. The minimum atomic E-state index is -0.972. The molecule has 0 aliphatic rings. The number of carboxylic acids is 2. The van der Waals surface area contributed by atoms with Gasteiger partial charge >= 0.3 is 11.9 Å². The molecule has 0 fully saturated rings. The van der Waals surface area contributed by atoms with Crippen molar-refractivity contribution in [2.24, 2.45) is 0 Å². The Morgan fingerprint density at radius 1 is 1.09 bits per heavy atom. The van der Waals surface area contributed by atoms with Crippen molar-refractivity contribution in [3.8, 4) is 0 Å². The molecule has 0 bridgehead atoms. The van der Waals surface area contributed by atoms with Gasteiger partial charge in [-0.2, -0.15) is 0 Å². The minimum absolute atomic E-state index is 0.0495. The SMILES string of the molecule is C=C(CCC(=O)O)CC(=O)O. The van der Waals surface area contributed by atoms with Gasteiger partial charge in [-0.3, -0.25) is 9.59 Å². The summed E-state index contributed by atoms with van der Waals surface area (Å²) in [4.78, 5) is 20.0. The fourth-order valence-corrected chi connectivity index (χ4v) is 0.586. The van der Waals surface area contributed by atoms with E-state index in [-0.39, 0.29) is 19.3 Å². The van der Waals surface area contributed by atoms with Crippen LogP contribution in [-0.4, -0.2) is 22.2 Å². The van der Waals surface area contributed by atoms with Crippen molar-refractivity contribution in [2.75, 3.05) is 0 Å². The van der Waals surface area contributed by atoms with Gasteiger partial charge in [-0.25, -0.2) is 0 Å². The van der Waals surface area contributed by atoms with Gasteiger partial charge in [0.15, 0.2) is 0 Å². The summed E-state index contributed by atoms with van der Waals surface area (Å²) in [6.07, 6.45) is 0.0427. The van der Waals surface area contributed by atoms with E-state index in [9.17, 15) is 9.59 Å². The van der Waals surface area contributed by atoms with E-state index in [4.69, 9.17) is 10.2 Å². The molecule has 0 spiro atoms. The van der Waals surface area contributed by atoms with Gasteiger partial charge in [-0.05, 0) is 6.42 Å². The zero-order valence-corrected chi connectivity index (χ0v) is 6.04. The summed E-state index contributed by atoms with van der Waals surface area (Å²) in [7, 11) is 0. The lowest BCUT2D eigenvalue weighted by molar-refractivity contribution is -0.138. The first-order chi connectivity index (χ1) is 5.02. The van der Waals surface area contributed by atoms with Crippen LogP contribution in [0.5, 0.6) is 0 Å². The Morgan fingerprint density at radius 3 is 2.00 bits per heavy atom. The third kappa shape index (κ3) is 6.57. The molecule has 2 N–H and O–H groups in total. The first kappa shape index (κ1) is 9.68. The lowest BCUT2D eigenvalue weighted by atomic mass is 10.1. The summed E-state index contributed by atoms with van der Waals surface area (Å²) in [6.45, 7) is 3.42. The largest absolute Gasteiger partial charge is 0.481 e. The van der Waals surface area contributed by atoms with Crippen molar-refractivity contribution in [1.29, 1.82) is 0 Å². The van der Waals surface area contributed by atoms with Crippen molar-refractivity contribution in [2.45, 2.75) is 19.3 Å². The molecule has 0 aliphatic heterocycles. The van der Waals surface area contributed by atoms with Crippen LogP contribution in [0.2, 0.25) is 0 Å². The summed E-state index contributed by atoms with van der Waals surface area (Å²) in [5, 5.41) is 16.4. The second-order valence-electron chi connectivity index (χ2n) is 2.21. The zero-order valence-electron chi connectivity index (χ0n) is 6.04. The van der Waals surface area contributed by atoms with Crippen molar-refractivity contribution in [3.05, 3.63) is 12.2 Å². The van der Waals surface area contributed by atoms with Crippen molar-refractivity contribution in [1.82, 2.24) is 0 Å². The lowest BCUT2D eigenvalue weighted by Crippen LogP contribution is -1.99. The van der Waals surface area contributed by atoms with E-state index in [2.05, 4.69) is 6.58 Å². The molecule has 62 valence electrons. The highest BCUT2D eigenvalue weighted by Crippen LogP contribution is 2.06. The summed E-state index contributed by atoms with van der Waals surface area (Å²) >= 11 is 0. The molecule has 0 amide bonds. The molecule has 0 rings (SSSR count). The highest BCUT2D eigenvalue weighted by molar-refractivity contribution is 5.71. The predicted molar refractivity (Wildman–Crippen MR) is 38.3 cm³/mol. The standard InChI is InChI=1S/C7H10O4/c1-5(4-7(10)11)2-3-6(8)9/h1-4H2,(H,8,9)(H,10,11). The molecule has 0 aromatic heterocycles. The Labute approximate surface area is 64.2 Å². The molecule has 0 aliphatic carbocycles. The molecule has 0 unspecified atom stereocenters. The normalized spacial score (nSPS) is 9.09. The maximum Gasteiger partial charge on any atom is 0.307 e. The smallest absolute Gasteiger partial charge is 0.307 e. The molecule has 0 radical (unpaired) electrons. The Kier molecular flexibility index (Phi) is 3.95. The summed E-state index contributed by atoms with van der Waals surface area (Å²) < 4.78 is 0. The van der Waals surface area contributed by atoms with Crippen LogP contribution in [0.25, 0.3) is 0 Å². The Hall–Kier alpha value is -1.32. The van der Waals surface area contributed by atoms with Gasteiger partial charge in [0, 0.05) is 6.42 Å². The van der Waals surface area contributed by atoms with Gasteiger partial charge in [-0.1, -0.05) is 12.2 Å². The number of aliphatic carboxylic acids is 2. The quantitative estimate of drug-likeness (QED) is 0.582. The second-order valence-corrected chi connectivity index (χ2v) is 2.21. The molecule has 0 heterocycles. The number of hydrogen-bond donors (Lipinski definition) is 2. The van der Waals surface area contributed by atoms with E-state index in [1.165, 1.54) is 0 Å². The van der Waals surface area contributed by atoms with Crippen LogP contribution in [0.15, 0.2) is 12.2 Å². The van der Waals surface area contributed by atoms with E-state index in [0.717, 1.165) is 0 Å². The molecular formula is C7H10O4. The molecule has 0 saturated heterocycles. The fourth-order valence-electron chi connectivity index (χ4n) is 0.586. The van der Waals surface area contributed by atoms with Crippen LogP contribution in [-0.2, 0) is 9.59 Å². The maximum absolute atomic E-state index is 10.0. The first-order valence-electron chi connectivity index (χ1n) is 3.12. The van der Waals surface area contributed by atoms with Gasteiger partial charge in [-0.15, -0.1) is 0 Å². The maximum atomic E-state index is 10.0. The Balaban J connectivity index is 3.53. The molecule has 0 aromatic rings. The van der Waals surface area contributed by atoms with Crippen LogP contribution in [0.3, 0.4) is 0 Å². The van der Waals surface area contributed by atoms with Crippen molar-refractivity contribution >= 4 is 11.9 Å². The number of carboxylic acid groups (broad SMARTS) is 2. The summed E-state index contributed by atoms with van der Waals surface area (Å²) in [5.74, 6) is -1.91. The topological polar surface area (TPSA) is 74.6 Å².